The molecule has 0 bridgehead atoms. The number of urea groups is 1. The van der Waals surface area contributed by atoms with E-state index in [0.29, 0.717) is 16.5 Å². The fourth-order valence-electron chi connectivity index (χ4n) is 3.40. The molecule has 0 fully saturated rings. The molecule has 4 aromatic rings. The number of anilines is 3. The van der Waals surface area contributed by atoms with Crippen molar-refractivity contribution < 1.29 is 22.4 Å². The number of carbonyl (C=O) groups excluding carboxylic acids is 1. The number of primary amides is 1. The Morgan fingerprint density at radius 2 is 1.71 bits per heavy atom. The minimum absolute atomic E-state index is 0.0533. The Labute approximate surface area is 173 Å². The highest BCUT2D eigenvalue weighted by Gasteiger charge is 2.31. The van der Waals surface area contributed by atoms with Crippen LogP contribution in [-0.2, 0) is 6.18 Å². The van der Waals surface area contributed by atoms with Crippen molar-refractivity contribution in [2.45, 2.75) is 6.18 Å². The van der Waals surface area contributed by atoms with Crippen molar-refractivity contribution in [2.24, 2.45) is 5.73 Å². The standard InChI is InChI=1S/C21H15F4N5O/c22-15-8-9-16-18(19(26)29-28-16)17(15)11-4-6-13(7-5-11)30(20(27)31)14-3-1-2-12(10-14)21(23,24)25/h1-10H,(H2,27,31)(H3,26,28,29). The molecule has 0 aliphatic heterocycles. The van der Waals surface area contributed by atoms with E-state index < -0.39 is 23.6 Å². The van der Waals surface area contributed by atoms with E-state index >= 15 is 0 Å². The van der Waals surface area contributed by atoms with Crippen molar-refractivity contribution in [3.63, 3.8) is 0 Å². The number of aromatic amines is 1. The summed E-state index contributed by atoms with van der Waals surface area (Å²) in [5.74, 6) is -0.408. The number of hydrogen-bond acceptors (Lipinski definition) is 3. The van der Waals surface area contributed by atoms with Gasteiger partial charge in [-0.2, -0.15) is 18.3 Å². The lowest BCUT2D eigenvalue weighted by Gasteiger charge is -2.22. The molecule has 6 nitrogen and oxygen atoms in total. The molecule has 2 amide bonds. The molecule has 1 heterocycles. The van der Waals surface area contributed by atoms with E-state index in [1.54, 1.807) is 0 Å². The maximum absolute atomic E-state index is 14.6. The number of alkyl halides is 3. The fourth-order valence-corrected chi connectivity index (χ4v) is 3.40. The van der Waals surface area contributed by atoms with Gasteiger partial charge in [0, 0.05) is 5.56 Å². The zero-order valence-corrected chi connectivity index (χ0v) is 15.7. The van der Waals surface area contributed by atoms with Gasteiger partial charge in [-0.3, -0.25) is 10.00 Å². The molecule has 5 N–H and O–H groups in total. The Morgan fingerprint density at radius 3 is 2.35 bits per heavy atom. The number of nitrogens with zero attached hydrogens (tertiary/aromatic N) is 2. The van der Waals surface area contributed by atoms with Crippen molar-refractivity contribution in [3.8, 4) is 11.1 Å². The fraction of sp³-hybridized carbons (Fsp3) is 0.0476. The summed E-state index contributed by atoms with van der Waals surface area (Å²) in [6, 6.07) is 12.0. The van der Waals surface area contributed by atoms with Gasteiger partial charge in [-0.1, -0.05) is 18.2 Å². The van der Waals surface area contributed by atoms with Gasteiger partial charge < -0.3 is 11.5 Å². The molecule has 0 saturated heterocycles. The lowest BCUT2D eigenvalue weighted by Crippen LogP contribution is -2.31. The van der Waals surface area contributed by atoms with Gasteiger partial charge in [0.1, 0.15) is 5.82 Å². The first kappa shape index (κ1) is 20.2. The third-order valence-electron chi connectivity index (χ3n) is 4.77. The van der Waals surface area contributed by atoms with E-state index in [0.717, 1.165) is 17.0 Å². The molecule has 0 aliphatic rings. The van der Waals surface area contributed by atoms with Crippen LogP contribution in [-0.4, -0.2) is 16.2 Å². The van der Waals surface area contributed by atoms with Gasteiger partial charge in [0.15, 0.2) is 5.82 Å². The van der Waals surface area contributed by atoms with Crippen molar-refractivity contribution >= 4 is 34.1 Å². The molecule has 0 radical (unpaired) electrons. The van der Waals surface area contributed by atoms with E-state index in [2.05, 4.69) is 10.2 Å². The zero-order valence-electron chi connectivity index (χ0n) is 15.7. The summed E-state index contributed by atoms with van der Waals surface area (Å²) in [6.45, 7) is 0. The molecular formula is C21H15F4N5O. The molecule has 0 atom stereocenters. The van der Waals surface area contributed by atoms with Crippen LogP contribution in [0.25, 0.3) is 22.0 Å². The molecule has 0 unspecified atom stereocenters. The first-order chi connectivity index (χ1) is 14.7. The number of aromatic nitrogens is 2. The minimum atomic E-state index is -4.58. The number of nitrogens with one attached hydrogen (secondary N) is 1. The molecule has 31 heavy (non-hydrogen) atoms. The maximum Gasteiger partial charge on any atom is 0.416 e. The van der Waals surface area contributed by atoms with Crippen LogP contribution in [0.15, 0.2) is 60.7 Å². The smallest absolute Gasteiger partial charge is 0.382 e. The number of nitrogen functional groups attached to an aromatic ring is 1. The summed E-state index contributed by atoms with van der Waals surface area (Å²) in [5.41, 5.74) is 11.7. The Morgan fingerprint density at radius 1 is 1.00 bits per heavy atom. The molecule has 10 heteroatoms. The second kappa shape index (κ2) is 7.31. The molecule has 0 saturated carbocycles. The zero-order chi connectivity index (χ0) is 22.3. The monoisotopic (exact) mass is 429 g/mol. The second-order valence-corrected chi connectivity index (χ2v) is 6.72. The van der Waals surface area contributed by atoms with Gasteiger partial charge >= 0.3 is 12.2 Å². The SMILES string of the molecule is NC(=O)N(c1ccc(-c2c(F)ccc3[nH]nc(N)c23)cc1)c1cccc(C(F)(F)F)c1. The minimum Gasteiger partial charge on any atom is -0.382 e. The van der Waals surface area contributed by atoms with Gasteiger partial charge in [0.25, 0.3) is 0 Å². The number of benzene rings is 3. The number of hydrogen-bond donors (Lipinski definition) is 3. The van der Waals surface area contributed by atoms with Gasteiger partial charge in [-0.15, -0.1) is 0 Å². The van der Waals surface area contributed by atoms with Gasteiger partial charge in [-0.05, 0) is 48.0 Å². The average Bonchev–Trinajstić information content (AvgIpc) is 3.09. The average molecular weight is 429 g/mol. The number of carbonyl (C=O) groups is 1. The lowest BCUT2D eigenvalue weighted by atomic mass is 10.00. The van der Waals surface area contributed by atoms with Gasteiger partial charge in [-0.25, -0.2) is 9.18 Å². The van der Waals surface area contributed by atoms with Crippen LogP contribution in [0.1, 0.15) is 5.56 Å². The summed E-state index contributed by atoms with van der Waals surface area (Å²) in [7, 11) is 0. The van der Waals surface area contributed by atoms with Crippen LogP contribution in [0, 0.1) is 5.82 Å². The van der Waals surface area contributed by atoms with Gasteiger partial charge in [0.05, 0.1) is 27.8 Å². The quantitative estimate of drug-likeness (QED) is 0.391. The van der Waals surface area contributed by atoms with Crippen LogP contribution < -0.4 is 16.4 Å². The number of H-pyrrole nitrogens is 1. The third-order valence-corrected chi connectivity index (χ3v) is 4.77. The maximum atomic E-state index is 14.6. The summed E-state index contributed by atoms with van der Waals surface area (Å²) < 4.78 is 53.8. The van der Waals surface area contributed by atoms with Crippen LogP contribution in [0.5, 0.6) is 0 Å². The highest BCUT2D eigenvalue weighted by Crippen LogP contribution is 2.37. The summed E-state index contributed by atoms with van der Waals surface area (Å²) in [4.78, 5) is 13.0. The van der Waals surface area contributed by atoms with E-state index in [4.69, 9.17) is 11.5 Å². The molecule has 3 aromatic carbocycles. The molecule has 158 valence electrons. The Bertz CT molecular complexity index is 1280. The van der Waals surface area contributed by atoms with Crippen molar-refractivity contribution in [2.75, 3.05) is 10.6 Å². The van der Waals surface area contributed by atoms with E-state index in [9.17, 15) is 22.4 Å². The number of amides is 2. The summed E-state index contributed by atoms with van der Waals surface area (Å²) in [5, 5.41) is 6.99. The molecule has 4 rings (SSSR count). The lowest BCUT2D eigenvalue weighted by molar-refractivity contribution is -0.137. The largest absolute Gasteiger partial charge is 0.416 e. The highest BCUT2D eigenvalue weighted by molar-refractivity contribution is 6.02. The highest BCUT2D eigenvalue weighted by atomic mass is 19.4. The molecule has 0 spiro atoms. The van der Waals surface area contributed by atoms with E-state index in [-0.39, 0.29) is 22.8 Å². The Balaban J connectivity index is 1.78. The predicted octanol–water partition coefficient (Wildman–Crippen LogP) is 5.19. The van der Waals surface area contributed by atoms with E-state index in [1.807, 2.05) is 0 Å². The van der Waals surface area contributed by atoms with Crippen LogP contribution in [0.4, 0.5) is 39.5 Å². The number of nitrogens with two attached hydrogens (primary N) is 2. The van der Waals surface area contributed by atoms with Crippen LogP contribution in [0.2, 0.25) is 0 Å². The van der Waals surface area contributed by atoms with Gasteiger partial charge in [0.2, 0.25) is 0 Å². The van der Waals surface area contributed by atoms with Crippen LogP contribution in [0.3, 0.4) is 0 Å². The van der Waals surface area contributed by atoms with Crippen LogP contribution >= 0.6 is 0 Å². The third kappa shape index (κ3) is 3.63. The first-order valence-corrected chi connectivity index (χ1v) is 8.96. The summed E-state index contributed by atoms with van der Waals surface area (Å²) >= 11 is 0. The molecular weight excluding hydrogens is 414 g/mol. The molecule has 1 aromatic heterocycles. The normalized spacial score (nSPS) is 11.6. The van der Waals surface area contributed by atoms with Crippen molar-refractivity contribution in [3.05, 3.63) is 72.0 Å². The number of rotatable bonds is 3. The Hall–Kier alpha value is -4.08. The predicted molar refractivity (Wildman–Crippen MR) is 109 cm³/mol. The topological polar surface area (TPSA) is 101 Å². The molecule has 0 aliphatic carbocycles. The van der Waals surface area contributed by atoms with Crippen molar-refractivity contribution in [1.82, 2.24) is 10.2 Å². The van der Waals surface area contributed by atoms with Crippen molar-refractivity contribution in [1.29, 1.82) is 0 Å². The summed E-state index contributed by atoms with van der Waals surface area (Å²) in [6.07, 6.45) is -4.58. The second-order valence-electron chi connectivity index (χ2n) is 6.72. The van der Waals surface area contributed by atoms with E-state index in [1.165, 1.54) is 48.5 Å². The first-order valence-electron chi connectivity index (χ1n) is 8.96. The number of halogens is 4. The number of fused-ring (bicyclic) bond motifs is 1. The Kier molecular flexibility index (Phi) is 4.77.